The van der Waals surface area contributed by atoms with Crippen molar-refractivity contribution < 1.29 is 9.53 Å². The van der Waals surface area contributed by atoms with Crippen LogP contribution in [0.4, 0.5) is 0 Å². The van der Waals surface area contributed by atoms with Crippen LogP contribution in [0.2, 0.25) is 0 Å². The van der Waals surface area contributed by atoms with Crippen molar-refractivity contribution in [1.29, 1.82) is 0 Å². The number of aryl methyl sites for hydroxylation is 1. The van der Waals surface area contributed by atoms with Gasteiger partial charge in [-0.2, -0.15) is 0 Å². The van der Waals surface area contributed by atoms with Crippen LogP contribution < -0.4 is 15.8 Å². The fraction of sp³-hybridized carbons (Fsp3) is 0.364. The average molecular weight is 208 g/mol. The maximum Gasteiger partial charge on any atom is 0.238 e. The van der Waals surface area contributed by atoms with Gasteiger partial charge in [0.1, 0.15) is 18.4 Å². The Balaban J connectivity index is 2.49. The standard InChI is InChI=1S/C11H16N2O2/c1-8-3-5-9(6-4-8)15-7-10(13-2)11(12)14/h3-6,10,13H,7H2,1-2H3,(H2,12,14). The number of ether oxygens (including phenoxy) is 1. The molecule has 0 spiro atoms. The van der Waals surface area contributed by atoms with Gasteiger partial charge in [0.2, 0.25) is 5.91 Å². The van der Waals surface area contributed by atoms with Crippen LogP contribution in [0.25, 0.3) is 0 Å². The number of nitrogens with one attached hydrogen (secondary N) is 1. The molecule has 0 saturated carbocycles. The fourth-order valence-electron chi connectivity index (χ4n) is 1.12. The zero-order valence-corrected chi connectivity index (χ0v) is 8.99. The van der Waals surface area contributed by atoms with Gasteiger partial charge in [-0.15, -0.1) is 0 Å². The molecule has 1 atom stereocenters. The summed E-state index contributed by atoms with van der Waals surface area (Å²) in [6.45, 7) is 2.25. The van der Waals surface area contributed by atoms with Crippen LogP contribution in [0.15, 0.2) is 24.3 Å². The smallest absolute Gasteiger partial charge is 0.238 e. The van der Waals surface area contributed by atoms with Crippen molar-refractivity contribution >= 4 is 5.91 Å². The van der Waals surface area contributed by atoms with E-state index in [9.17, 15) is 4.79 Å². The summed E-state index contributed by atoms with van der Waals surface area (Å²) in [6.07, 6.45) is 0. The highest BCUT2D eigenvalue weighted by atomic mass is 16.5. The van der Waals surface area contributed by atoms with Crippen LogP contribution in [-0.4, -0.2) is 25.6 Å². The minimum absolute atomic E-state index is 0.245. The average Bonchev–Trinajstić information content (AvgIpc) is 2.21. The van der Waals surface area contributed by atoms with E-state index in [1.807, 2.05) is 31.2 Å². The molecule has 0 aromatic heterocycles. The second-order valence-electron chi connectivity index (χ2n) is 3.37. The molecule has 0 aliphatic carbocycles. The van der Waals surface area contributed by atoms with E-state index in [0.29, 0.717) is 0 Å². The molecule has 0 aliphatic heterocycles. The molecule has 82 valence electrons. The Labute approximate surface area is 89.4 Å². The molecule has 0 saturated heterocycles. The molecule has 0 bridgehead atoms. The molecule has 4 nitrogen and oxygen atoms in total. The van der Waals surface area contributed by atoms with Crippen molar-refractivity contribution in [2.45, 2.75) is 13.0 Å². The van der Waals surface area contributed by atoms with Gasteiger partial charge in [0.05, 0.1) is 0 Å². The van der Waals surface area contributed by atoms with Gasteiger partial charge in [-0.05, 0) is 26.1 Å². The van der Waals surface area contributed by atoms with Gasteiger partial charge in [-0.25, -0.2) is 0 Å². The number of benzene rings is 1. The first-order chi connectivity index (χ1) is 7.13. The highest BCUT2D eigenvalue weighted by Crippen LogP contribution is 2.11. The van der Waals surface area contributed by atoms with E-state index in [1.54, 1.807) is 7.05 Å². The lowest BCUT2D eigenvalue weighted by atomic mass is 10.2. The fourth-order valence-corrected chi connectivity index (χ4v) is 1.12. The minimum Gasteiger partial charge on any atom is -0.491 e. The summed E-state index contributed by atoms with van der Waals surface area (Å²) in [5.74, 6) is 0.326. The minimum atomic E-state index is -0.452. The molecule has 3 N–H and O–H groups in total. The number of nitrogens with two attached hydrogens (primary N) is 1. The molecule has 0 heterocycles. The first-order valence-electron chi connectivity index (χ1n) is 4.79. The largest absolute Gasteiger partial charge is 0.491 e. The third-order valence-electron chi connectivity index (χ3n) is 2.13. The number of rotatable bonds is 5. The summed E-state index contributed by atoms with van der Waals surface area (Å²) < 4.78 is 5.41. The quantitative estimate of drug-likeness (QED) is 0.738. The van der Waals surface area contributed by atoms with Crippen LogP contribution in [-0.2, 0) is 4.79 Å². The van der Waals surface area contributed by atoms with Crippen molar-refractivity contribution in [3.63, 3.8) is 0 Å². The van der Waals surface area contributed by atoms with Crippen molar-refractivity contribution in [2.24, 2.45) is 5.73 Å². The molecule has 1 amide bonds. The van der Waals surface area contributed by atoms with E-state index in [2.05, 4.69) is 5.32 Å². The van der Waals surface area contributed by atoms with Crippen molar-refractivity contribution in [3.8, 4) is 5.75 Å². The molecule has 15 heavy (non-hydrogen) atoms. The lowest BCUT2D eigenvalue weighted by Crippen LogP contribution is -2.43. The second-order valence-corrected chi connectivity index (χ2v) is 3.37. The molecular formula is C11H16N2O2. The molecule has 1 aromatic rings. The van der Waals surface area contributed by atoms with Crippen LogP contribution in [0.3, 0.4) is 0 Å². The lowest BCUT2D eigenvalue weighted by molar-refractivity contribution is -0.120. The van der Waals surface area contributed by atoms with Gasteiger partial charge < -0.3 is 15.8 Å². The number of carbonyl (C=O) groups excluding carboxylic acids is 1. The third kappa shape index (κ3) is 3.59. The molecule has 1 unspecified atom stereocenters. The topological polar surface area (TPSA) is 64.3 Å². The summed E-state index contributed by atoms with van der Waals surface area (Å²) in [4.78, 5) is 10.9. The van der Waals surface area contributed by atoms with E-state index < -0.39 is 11.9 Å². The molecule has 1 rings (SSSR count). The van der Waals surface area contributed by atoms with Gasteiger partial charge in [0.25, 0.3) is 0 Å². The van der Waals surface area contributed by atoms with Crippen LogP contribution >= 0.6 is 0 Å². The summed E-state index contributed by atoms with van der Waals surface area (Å²) in [5, 5.41) is 2.78. The highest BCUT2D eigenvalue weighted by molar-refractivity contribution is 5.79. The van der Waals surface area contributed by atoms with E-state index in [-0.39, 0.29) is 6.61 Å². The van der Waals surface area contributed by atoms with Gasteiger partial charge in [0, 0.05) is 0 Å². The Morgan fingerprint density at radius 3 is 2.53 bits per heavy atom. The molecule has 0 radical (unpaired) electrons. The van der Waals surface area contributed by atoms with E-state index in [0.717, 1.165) is 5.75 Å². The summed E-state index contributed by atoms with van der Waals surface area (Å²) in [5.41, 5.74) is 6.32. The molecule has 4 heteroatoms. The normalized spacial score (nSPS) is 12.1. The Hall–Kier alpha value is -1.55. The zero-order chi connectivity index (χ0) is 11.3. The first-order valence-corrected chi connectivity index (χ1v) is 4.79. The lowest BCUT2D eigenvalue weighted by Gasteiger charge is -2.13. The highest BCUT2D eigenvalue weighted by Gasteiger charge is 2.12. The first kappa shape index (κ1) is 11.5. The predicted molar refractivity (Wildman–Crippen MR) is 58.7 cm³/mol. The molecule has 0 fully saturated rings. The maximum atomic E-state index is 10.9. The van der Waals surface area contributed by atoms with E-state index in [1.165, 1.54) is 5.56 Å². The van der Waals surface area contributed by atoms with Crippen LogP contribution in [0.5, 0.6) is 5.75 Å². The maximum absolute atomic E-state index is 10.9. The Kier molecular flexibility index (Phi) is 4.12. The van der Waals surface area contributed by atoms with E-state index >= 15 is 0 Å². The predicted octanol–water partition coefficient (Wildman–Crippen LogP) is 0.447. The van der Waals surface area contributed by atoms with Crippen molar-refractivity contribution in [1.82, 2.24) is 5.32 Å². The summed E-state index contributed by atoms with van der Waals surface area (Å²) in [6, 6.07) is 7.18. The van der Waals surface area contributed by atoms with Crippen LogP contribution in [0, 0.1) is 6.92 Å². The molecular weight excluding hydrogens is 192 g/mol. The van der Waals surface area contributed by atoms with Crippen molar-refractivity contribution in [3.05, 3.63) is 29.8 Å². The van der Waals surface area contributed by atoms with Crippen LogP contribution in [0.1, 0.15) is 5.56 Å². The number of amides is 1. The SMILES string of the molecule is CNC(COc1ccc(C)cc1)C(N)=O. The monoisotopic (exact) mass is 208 g/mol. The zero-order valence-electron chi connectivity index (χ0n) is 8.99. The van der Waals surface area contributed by atoms with Gasteiger partial charge >= 0.3 is 0 Å². The molecule has 1 aromatic carbocycles. The van der Waals surface area contributed by atoms with Gasteiger partial charge in [-0.3, -0.25) is 4.79 Å². The second kappa shape index (κ2) is 5.36. The molecule has 0 aliphatic rings. The van der Waals surface area contributed by atoms with Crippen molar-refractivity contribution in [2.75, 3.05) is 13.7 Å². The third-order valence-corrected chi connectivity index (χ3v) is 2.13. The Morgan fingerprint density at radius 1 is 1.47 bits per heavy atom. The number of hydrogen-bond acceptors (Lipinski definition) is 3. The number of hydrogen-bond donors (Lipinski definition) is 2. The number of carbonyl (C=O) groups is 1. The summed E-state index contributed by atoms with van der Waals surface area (Å²) in [7, 11) is 1.67. The van der Waals surface area contributed by atoms with Gasteiger partial charge in [0.15, 0.2) is 0 Å². The Morgan fingerprint density at radius 2 is 2.07 bits per heavy atom. The Bertz CT molecular complexity index is 322. The number of likely N-dealkylation sites (N-methyl/N-ethyl adjacent to an activating group) is 1. The van der Waals surface area contributed by atoms with E-state index in [4.69, 9.17) is 10.5 Å². The van der Waals surface area contributed by atoms with Gasteiger partial charge in [-0.1, -0.05) is 17.7 Å². The summed E-state index contributed by atoms with van der Waals surface area (Å²) >= 11 is 0. The number of primary amides is 1.